The molecule has 1 heterocycles. The summed E-state index contributed by atoms with van der Waals surface area (Å²) in [7, 11) is 0. The van der Waals surface area contributed by atoms with Crippen LogP contribution in [0.1, 0.15) is 11.1 Å². The van der Waals surface area contributed by atoms with E-state index in [1.807, 2.05) is 49.1 Å². The normalized spacial score (nSPS) is 14.1. The van der Waals surface area contributed by atoms with Gasteiger partial charge in [0, 0.05) is 40.2 Å². The Balaban J connectivity index is 0.000000300. The molecule has 0 bridgehead atoms. The van der Waals surface area contributed by atoms with Crippen LogP contribution in [0.25, 0.3) is 15.7 Å². The molecule has 1 aromatic carbocycles. The van der Waals surface area contributed by atoms with Crippen LogP contribution in [0.3, 0.4) is 0 Å². The first-order valence-electron chi connectivity index (χ1n) is 7.22. The largest absolute Gasteiger partial charge is 0.192 e. The Morgan fingerprint density at radius 2 is 1.88 bits per heavy atom. The average Bonchev–Trinajstić information content (AvgIpc) is 3.37. The van der Waals surface area contributed by atoms with Crippen LogP contribution >= 0.6 is 23.1 Å². The van der Waals surface area contributed by atoms with Gasteiger partial charge in [-0.1, -0.05) is 42.5 Å². The second-order valence-electron chi connectivity index (χ2n) is 4.91. The van der Waals surface area contributed by atoms with Crippen molar-refractivity contribution in [3.05, 3.63) is 84.0 Å². The van der Waals surface area contributed by atoms with E-state index in [-0.39, 0.29) is 17.1 Å². The van der Waals surface area contributed by atoms with Crippen molar-refractivity contribution in [1.82, 2.24) is 0 Å². The van der Waals surface area contributed by atoms with Crippen LogP contribution in [-0.2, 0) is 17.1 Å². The van der Waals surface area contributed by atoms with Crippen molar-refractivity contribution in [1.29, 1.82) is 5.26 Å². The van der Waals surface area contributed by atoms with E-state index >= 15 is 0 Å². The summed E-state index contributed by atoms with van der Waals surface area (Å²) in [6.07, 6.45) is 20.3. The van der Waals surface area contributed by atoms with Gasteiger partial charge in [-0.25, -0.2) is 0 Å². The summed E-state index contributed by atoms with van der Waals surface area (Å²) in [4.78, 5) is 1.06. The molecule has 120 valence electrons. The van der Waals surface area contributed by atoms with Crippen molar-refractivity contribution in [3.63, 3.8) is 0 Å². The molecular formula is C20H15FeNS2. The molecule has 1 nitrogen and oxygen atoms in total. The van der Waals surface area contributed by atoms with Gasteiger partial charge in [-0.05, 0) is 34.9 Å². The first kappa shape index (κ1) is 18.8. The molecule has 0 unspecified atom stereocenters. The van der Waals surface area contributed by atoms with E-state index < -0.39 is 0 Å². The topological polar surface area (TPSA) is 23.8 Å². The molecule has 4 heteroatoms. The van der Waals surface area contributed by atoms with E-state index in [1.54, 1.807) is 23.1 Å². The number of fused-ring (bicyclic) bond motifs is 1. The van der Waals surface area contributed by atoms with Gasteiger partial charge in [0.25, 0.3) is 0 Å². The molecule has 0 fully saturated rings. The third kappa shape index (κ3) is 3.94. The fourth-order valence-electron chi connectivity index (χ4n) is 2.49. The van der Waals surface area contributed by atoms with Crippen LogP contribution in [0.5, 0.6) is 0 Å². The van der Waals surface area contributed by atoms with E-state index in [9.17, 15) is 5.26 Å². The Kier molecular flexibility index (Phi) is 7.15. The number of nitriles is 1. The molecule has 0 atom stereocenters. The van der Waals surface area contributed by atoms with Gasteiger partial charge < -0.3 is 0 Å². The molecule has 1 aromatic heterocycles. The molecule has 2 radical (unpaired) electrons. The summed E-state index contributed by atoms with van der Waals surface area (Å²) in [5.74, 6) is 0. The van der Waals surface area contributed by atoms with E-state index in [0.29, 0.717) is 0 Å². The SMILES string of the molecule is CSc1cc(C2=CC=C[CH]2)c2ccsc2c1C#N.[CH]1C=CC=C1.[Fe]. The third-order valence-corrected chi connectivity index (χ3v) is 5.26. The maximum Gasteiger partial charge on any atom is 0.102 e. The number of benzene rings is 1. The molecule has 2 aromatic rings. The van der Waals surface area contributed by atoms with Crippen LogP contribution in [-0.4, -0.2) is 6.26 Å². The van der Waals surface area contributed by atoms with Crippen molar-refractivity contribution in [2.24, 2.45) is 0 Å². The second kappa shape index (κ2) is 9.11. The van der Waals surface area contributed by atoms with E-state index in [1.165, 1.54) is 16.5 Å². The molecule has 0 saturated carbocycles. The van der Waals surface area contributed by atoms with Crippen LogP contribution in [0.2, 0.25) is 0 Å². The molecule has 0 amide bonds. The number of hydrogen-bond donors (Lipinski definition) is 0. The van der Waals surface area contributed by atoms with Crippen LogP contribution in [0, 0.1) is 24.2 Å². The predicted molar refractivity (Wildman–Crippen MR) is 102 cm³/mol. The minimum Gasteiger partial charge on any atom is -0.192 e. The Morgan fingerprint density at radius 3 is 2.42 bits per heavy atom. The fraction of sp³-hybridized carbons (Fsp3) is 0.0500. The number of hydrogen-bond acceptors (Lipinski definition) is 3. The molecule has 2 aliphatic rings. The summed E-state index contributed by atoms with van der Waals surface area (Å²) in [6.45, 7) is 0. The molecule has 2 aliphatic carbocycles. The van der Waals surface area contributed by atoms with Crippen LogP contribution in [0.4, 0.5) is 0 Å². The van der Waals surface area contributed by atoms with E-state index in [2.05, 4.69) is 36.1 Å². The van der Waals surface area contributed by atoms with Gasteiger partial charge in [0.1, 0.15) is 6.07 Å². The molecule has 24 heavy (non-hydrogen) atoms. The Hall–Kier alpha value is -1.50. The van der Waals surface area contributed by atoms with Crippen molar-refractivity contribution in [2.45, 2.75) is 4.90 Å². The van der Waals surface area contributed by atoms with Gasteiger partial charge in [-0.3, -0.25) is 0 Å². The molecule has 0 N–H and O–H groups in total. The monoisotopic (exact) mass is 389 g/mol. The minimum atomic E-state index is 0. The van der Waals surface area contributed by atoms with Crippen molar-refractivity contribution in [2.75, 3.05) is 6.26 Å². The summed E-state index contributed by atoms with van der Waals surface area (Å²) in [5.41, 5.74) is 3.25. The zero-order valence-electron chi connectivity index (χ0n) is 13.0. The quantitative estimate of drug-likeness (QED) is 0.467. The first-order valence-corrected chi connectivity index (χ1v) is 9.32. The Bertz CT molecular complexity index is 869. The molecule has 4 rings (SSSR count). The summed E-state index contributed by atoms with van der Waals surface area (Å²) < 4.78 is 1.10. The van der Waals surface area contributed by atoms with Gasteiger partial charge in [0.2, 0.25) is 0 Å². The van der Waals surface area contributed by atoms with E-state index in [4.69, 9.17) is 0 Å². The van der Waals surface area contributed by atoms with Crippen molar-refractivity contribution < 1.29 is 17.1 Å². The fourth-order valence-corrected chi connectivity index (χ4v) is 4.06. The van der Waals surface area contributed by atoms with Gasteiger partial charge in [0.05, 0.1) is 10.3 Å². The number of nitrogens with zero attached hydrogens (tertiary/aromatic N) is 1. The molecular weight excluding hydrogens is 374 g/mol. The Labute approximate surface area is 161 Å². The molecule has 0 aliphatic heterocycles. The second-order valence-corrected chi connectivity index (χ2v) is 6.68. The number of thioether (sulfide) groups is 1. The maximum atomic E-state index is 9.33. The van der Waals surface area contributed by atoms with Gasteiger partial charge in [0.15, 0.2) is 0 Å². The smallest absolute Gasteiger partial charge is 0.102 e. The van der Waals surface area contributed by atoms with Crippen LogP contribution in [0.15, 0.2) is 64.9 Å². The Morgan fingerprint density at radius 1 is 1.08 bits per heavy atom. The summed E-state index contributed by atoms with van der Waals surface area (Å²) in [6, 6.07) is 6.57. The number of rotatable bonds is 2. The minimum absolute atomic E-state index is 0. The van der Waals surface area contributed by atoms with Crippen molar-refractivity contribution >= 4 is 38.8 Å². The predicted octanol–water partition coefficient (Wildman–Crippen LogP) is 5.97. The summed E-state index contributed by atoms with van der Waals surface area (Å²) >= 11 is 3.28. The standard InChI is InChI=1S/C15H10NS2.C5H5.Fe/c1-17-14-8-12(10-4-2-3-5-10)11-6-7-18-15(11)13(14)9-16;1-2-4-5-3-1;/h2-8H,1H3;1-5H;. The van der Waals surface area contributed by atoms with Crippen molar-refractivity contribution in [3.8, 4) is 6.07 Å². The zero-order valence-corrected chi connectivity index (χ0v) is 15.8. The average molecular weight is 389 g/mol. The number of thiophene rings is 1. The van der Waals surface area contributed by atoms with Gasteiger partial charge in [-0.2, -0.15) is 5.26 Å². The van der Waals surface area contributed by atoms with Crippen LogP contribution < -0.4 is 0 Å². The van der Waals surface area contributed by atoms with Gasteiger partial charge in [-0.15, -0.1) is 23.1 Å². The van der Waals surface area contributed by atoms with Gasteiger partial charge >= 0.3 is 0 Å². The zero-order chi connectivity index (χ0) is 16.1. The third-order valence-electron chi connectivity index (χ3n) is 3.57. The maximum absolute atomic E-state index is 9.33. The first-order chi connectivity index (χ1) is 11.3. The number of allylic oxidation sites excluding steroid dienone is 8. The summed E-state index contributed by atoms with van der Waals surface area (Å²) in [5, 5.41) is 12.6. The van der Waals surface area contributed by atoms with E-state index in [0.717, 1.165) is 15.2 Å². The molecule has 0 saturated heterocycles. The molecule has 0 spiro atoms.